The molecule has 0 radical (unpaired) electrons. The molecule has 0 unspecified atom stereocenters. The van der Waals surface area contributed by atoms with Crippen LogP contribution < -0.4 is 0 Å². The number of carbonyl (C=O) groups excluding carboxylic acids is 1. The van der Waals surface area contributed by atoms with Gasteiger partial charge >= 0.3 is 0 Å². The molecule has 1 rings (SSSR count). The molecule has 1 aromatic rings. The fraction of sp³-hybridized carbons (Fsp3) is 0.400. The molecule has 0 aliphatic heterocycles. The minimum Gasteiger partial charge on any atom is -0.377 e. The van der Waals surface area contributed by atoms with Crippen molar-refractivity contribution in [1.29, 1.82) is 0 Å². The molecular formula is C10H12N2O4. The number of rotatable bonds is 5. The molecule has 0 aliphatic carbocycles. The van der Waals surface area contributed by atoms with Crippen molar-refractivity contribution in [2.75, 3.05) is 13.7 Å². The summed E-state index contributed by atoms with van der Waals surface area (Å²) in [6.07, 6.45) is 1.42. The summed E-state index contributed by atoms with van der Waals surface area (Å²) in [4.78, 5) is 25.4. The van der Waals surface area contributed by atoms with Crippen molar-refractivity contribution in [3.8, 4) is 0 Å². The number of hydrogen-bond acceptors (Lipinski definition) is 5. The maximum absolute atomic E-state index is 11.3. The van der Waals surface area contributed by atoms with Gasteiger partial charge in [-0.25, -0.2) is 0 Å². The van der Waals surface area contributed by atoms with Crippen LogP contribution in [0, 0.1) is 17.0 Å². The molecule has 16 heavy (non-hydrogen) atoms. The van der Waals surface area contributed by atoms with Crippen LogP contribution in [0.2, 0.25) is 0 Å². The second kappa shape index (κ2) is 5.32. The minimum atomic E-state index is -0.532. The molecule has 1 heterocycles. The Morgan fingerprint density at radius 2 is 2.31 bits per heavy atom. The van der Waals surface area contributed by atoms with Gasteiger partial charge in [0.15, 0.2) is 5.78 Å². The van der Waals surface area contributed by atoms with Crippen LogP contribution in [0.5, 0.6) is 0 Å². The number of Topliss-reactive ketones (excluding diaryl/α,β-unsaturated/α-hetero) is 1. The molecular weight excluding hydrogens is 212 g/mol. The van der Waals surface area contributed by atoms with Crippen molar-refractivity contribution >= 4 is 11.5 Å². The van der Waals surface area contributed by atoms with Crippen molar-refractivity contribution in [2.45, 2.75) is 13.3 Å². The summed E-state index contributed by atoms with van der Waals surface area (Å²) in [6, 6.07) is 1.41. The van der Waals surface area contributed by atoms with Crippen molar-refractivity contribution in [3.05, 3.63) is 33.6 Å². The SMILES string of the molecule is COCC(=O)Cc1ncc(C)cc1[N+](=O)[O-]. The lowest BCUT2D eigenvalue weighted by atomic mass is 10.1. The van der Waals surface area contributed by atoms with Gasteiger partial charge in [0.05, 0.1) is 11.3 Å². The Morgan fingerprint density at radius 3 is 2.88 bits per heavy atom. The third-order valence-electron chi connectivity index (χ3n) is 1.95. The Labute approximate surface area is 92.4 Å². The van der Waals surface area contributed by atoms with Gasteiger partial charge in [-0.15, -0.1) is 0 Å². The molecule has 0 spiro atoms. The molecule has 6 heteroatoms. The summed E-state index contributed by atoms with van der Waals surface area (Å²) >= 11 is 0. The first-order valence-corrected chi connectivity index (χ1v) is 4.65. The summed E-state index contributed by atoms with van der Waals surface area (Å²) in [7, 11) is 1.40. The zero-order valence-electron chi connectivity index (χ0n) is 9.10. The highest BCUT2D eigenvalue weighted by Crippen LogP contribution is 2.18. The lowest BCUT2D eigenvalue weighted by Crippen LogP contribution is -2.12. The van der Waals surface area contributed by atoms with Crippen LogP contribution in [0.25, 0.3) is 0 Å². The monoisotopic (exact) mass is 224 g/mol. The van der Waals surface area contributed by atoms with E-state index in [1.807, 2.05) is 0 Å². The molecule has 0 aromatic carbocycles. The predicted molar refractivity (Wildman–Crippen MR) is 56.2 cm³/mol. The van der Waals surface area contributed by atoms with Crippen molar-refractivity contribution in [3.63, 3.8) is 0 Å². The molecule has 6 nitrogen and oxygen atoms in total. The van der Waals surface area contributed by atoms with Gasteiger partial charge in [0.25, 0.3) is 5.69 Å². The summed E-state index contributed by atoms with van der Waals surface area (Å²) in [5.41, 5.74) is 0.747. The number of hydrogen-bond donors (Lipinski definition) is 0. The fourth-order valence-electron chi connectivity index (χ4n) is 1.28. The number of aromatic nitrogens is 1. The molecule has 1 aromatic heterocycles. The number of methoxy groups -OCH3 is 1. The maximum Gasteiger partial charge on any atom is 0.291 e. The van der Waals surface area contributed by atoms with Crippen LogP contribution in [0.4, 0.5) is 5.69 Å². The van der Waals surface area contributed by atoms with Gasteiger partial charge in [-0.3, -0.25) is 19.9 Å². The Hall–Kier alpha value is -1.82. The lowest BCUT2D eigenvalue weighted by Gasteiger charge is -2.02. The molecule has 0 N–H and O–H groups in total. The second-order valence-corrected chi connectivity index (χ2v) is 3.38. The number of aryl methyl sites for hydroxylation is 1. The molecule has 0 atom stereocenters. The van der Waals surface area contributed by atoms with Gasteiger partial charge in [0.1, 0.15) is 12.3 Å². The number of nitro groups is 1. The van der Waals surface area contributed by atoms with Gasteiger partial charge in [-0.1, -0.05) is 0 Å². The first-order chi connectivity index (χ1) is 7.54. The van der Waals surface area contributed by atoms with E-state index in [1.165, 1.54) is 19.4 Å². The normalized spacial score (nSPS) is 10.1. The number of ether oxygens (including phenoxy) is 1. The third-order valence-corrected chi connectivity index (χ3v) is 1.95. The van der Waals surface area contributed by atoms with Gasteiger partial charge in [-0.05, 0) is 12.5 Å². The number of carbonyl (C=O) groups is 1. The third kappa shape index (κ3) is 3.09. The topological polar surface area (TPSA) is 82.3 Å². The summed E-state index contributed by atoms with van der Waals surface area (Å²) < 4.78 is 4.65. The quantitative estimate of drug-likeness (QED) is 0.551. The predicted octanol–water partition coefficient (Wildman–Crippen LogP) is 1.06. The van der Waals surface area contributed by atoms with E-state index in [0.717, 1.165) is 0 Å². The zero-order valence-corrected chi connectivity index (χ0v) is 9.10. The largest absolute Gasteiger partial charge is 0.377 e. The highest BCUT2D eigenvalue weighted by atomic mass is 16.6. The smallest absolute Gasteiger partial charge is 0.291 e. The van der Waals surface area contributed by atoms with E-state index in [9.17, 15) is 14.9 Å². The van der Waals surface area contributed by atoms with Crippen LogP contribution in [0.3, 0.4) is 0 Å². The van der Waals surface area contributed by atoms with Gasteiger partial charge in [-0.2, -0.15) is 0 Å². The molecule has 0 amide bonds. The first kappa shape index (κ1) is 12.3. The summed E-state index contributed by atoms with van der Waals surface area (Å²) in [5, 5.41) is 10.7. The maximum atomic E-state index is 11.3. The van der Waals surface area contributed by atoms with Gasteiger partial charge < -0.3 is 4.74 Å². The first-order valence-electron chi connectivity index (χ1n) is 4.65. The Balaban J connectivity index is 2.95. The van der Waals surface area contributed by atoms with Crippen molar-refractivity contribution in [1.82, 2.24) is 4.98 Å². The average Bonchev–Trinajstić information content (AvgIpc) is 2.20. The molecule has 0 bridgehead atoms. The second-order valence-electron chi connectivity index (χ2n) is 3.38. The van der Waals surface area contributed by atoms with Crippen LogP contribution in [-0.2, 0) is 16.0 Å². The van der Waals surface area contributed by atoms with E-state index >= 15 is 0 Å². The van der Waals surface area contributed by atoms with E-state index in [0.29, 0.717) is 5.56 Å². The molecule has 86 valence electrons. The van der Waals surface area contributed by atoms with Crippen molar-refractivity contribution in [2.24, 2.45) is 0 Å². The summed E-state index contributed by atoms with van der Waals surface area (Å²) in [5.74, 6) is -0.234. The van der Waals surface area contributed by atoms with Crippen LogP contribution in [0.1, 0.15) is 11.3 Å². The van der Waals surface area contributed by atoms with Crippen LogP contribution in [0.15, 0.2) is 12.3 Å². The Morgan fingerprint density at radius 1 is 1.62 bits per heavy atom. The number of ketones is 1. The molecule has 0 fully saturated rings. The molecule has 0 saturated heterocycles. The van der Waals surface area contributed by atoms with Gasteiger partial charge in [0.2, 0.25) is 0 Å². The van der Waals surface area contributed by atoms with E-state index < -0.39 is 4.92 Å². The molecule has 0 aliphatic rings. The Bertz CT molecular complexity index is 417. The highest BCUT2D eigenvalue weighted by molar-refractivity contribution is 5.82. The van der Waals surface area contributed by atoms with Crippen LogP contribution >= 0.6 is 0 Å². The van der Waals surface area contributed by atoms with E-state index in [2.05, 4.69) is 9.72 Å². The van der Waals surface area contributed by atoms with Crippen LogP contribution in [-0.4, -0.2) is 29.4 Å². The minimum absolute atomic E-state index is 0.0628. The van der Waals surface area contributed by atoms with Gasteiger partial charge in [0, 0.05) is 19.4 Å². The Kier molecular flexibility index (Phi) is 4.07. The summed E-state index contributed by atoms with van der Waals surface area (Å²) in [6.45, 7) is 1.65. The van der Waals surface area contributed by atoms with E-state index in [4.69, 9.17) is 0 Å². The fourth-order valence-corrected chi connectivity index (χ4v) is 1.28. The zero-order chi connectivity index (χ0) is 12.1. The lowest BCUT2D eigenvalue weighted by molar-refractivity contribution is -0.385. The van der Waals surface area contributed by atoms with E-state index in [1.54, 1.807) is 6.92 Å². The average molecular weight is 224 g/mol. The standard InChI is InChI=1S/C10H12N2O4/c1-7-3-10(12(14)15)9(11-5-7)4-8(13)6-16-2/h3,5H,4,6H2,1-2H3. The molecule has 0 saturated carbocycles. The van der Waals surface area contributed by atoms with Crippen molar-refractivity contribution < 1.29 is 14.5 Å². The number of nitrogens with zero attached hydrogens (tertiary/aromatic N) is 2. The van der Waals surface area contributed by atoms with E-state index in [-0.39, 0.29) is 30.2 Å². The highest BCUT2D eigenvalue weighted by Gasteiger charge is 2.17. The number of pyridine rings is 1.